The average Bonchev–Trinajstić information content (AvgIpc) is 3.28. The van der Waals surface area contributed by atoms with Gasteiger partial charge in [-0.05, 0) is 6.42 Å². The van der Waals surface area contributed by atoms with Crippen LogP contribution in [0.5, 0.6) is 0 Å². The normalized spacial score (nSPS) is 15.9. The SMILES string of the molecule is CCc1cnc(CNC(=NC)N2CCN(Cc3ccon3)CC2)s1.I. The van der Waals surface area contributed by atoms with Crippen LogP contribution in [0.25, 0.3) is 0 Å². The van der Waals surface area contributed by atoms with Crippen LogP contribution in [-0.4, -0.2) is 59.1 Å². The highest BCUT2D eigenvalue weighted by atomic mass is 127. The van der Waals surface area contributed by atoms with E-state index in [0.29, 0.717) is 0 Å². The Morgan fingerprint density at radius 3 is 2.76 bits per heavy atom. The van der Waals surface area contributed by atoms with Gasteiger partial charge in [0.05, 0.1) is 12.2 Å². The molecule has 1 saturated heterocycles. The van der Waals surface area contributed by atoms with Crippen molar-refractivity contribution in [2.75, 3.05) is 33.2 Å². The predicted octanol–water partition coefficient (Wildman–Crippen LogP) is 2.20. The Morgan fingerprint density at radius 2 is 2.16 bits per heavy atom. The monoisotopic (exact) mass is 476 g/mol. The fourth-order valence-corrected chi connectivity index (χ4v) is 3.55. The Labute approximate surface area is 169 Å². The van der Waals surface area contributed by atoms with Crippen LogP contribution in [0.15, 0.2) is 28.0 Å². The van der Waals surface area contributed by atoms with Crippen molar-refractivity contribution in [3.05, 3.63) is 34.1 Å². The molecule has 9 heteroatoms. The van der Waals surface area contributed by atoms with Gasteiger partial charge >= 0.3 is 0 Å². The molecule has 1 fully saturated rings. The summed E-state index contributed by atoms with van der Waals surface area (Å²) >= 11 is 1.76. The molecule has 7 nitrogen and oxygen atoms in total. The first-order valence-corrected chi connectivity index (χ1v) is 9.11. The molecule has 3 heterocycles. The molecule has 3 rings (SSSR count). The number of halogens is 1. The van der Waals surface area contributed by atoms with Gasteiger partial charge in [-0.1, -0.05) is 12.1 Å². The van der Waals surface area contributed by atoms with Crippen LogP contribution in [0, 0.1) is 0 Å². The van der Waals surface area contributed by atoms with Gasteiger partial charge in [0.2, 0.25) is 0 Å². The number of nitrogens with one attached hydrogen (secondary N) is 1. The lowest BCUT2D eigenvalue weighted by atomic mass is 10.3. The number of thiazole rings is 1. The molecule has 1 N–H and O–H groups in total. The summed E-state index contributed by atoms with van der Waals surface area (Å²) in [6.45, 7) is 7.62. The quantitative estimate of drug-likeness (QED) is 0.406. The molecule has 0 spiro atoms. The summed E-state index contributed by atoms with van der Waals surface area (Å²) in [4.78, 5) is 14.9. The second-order valence-electron chi connectivity index (χ2n) is 5.73. The van der Waals surface area contributed by atoms with E-state index in [9.17, 15) is 0 Å². The van der Waals surface area contributed by atoms with Gasteiger partial charge in [0.25, 0.3) is 0 Å². The Kier molecular flexibility index (Phi) is 8.10. The smallest absolute Gasteiger partial charge is 0.194 e. The molecule has 1 aliphatic heterocycles. The zero-order valence-corrected chi connectivity index (χ0v) is 17.8. The van der Waals surface area contributed by atoms with E-state index in [2.05, 4.69) is 37.2 Å². The molecule has 0 aliphatic carbocycles. The van der Waals surface area contributed by atoms with Crippen molar-refractivity contribution in [3.8, 4) is 0 Å². The number of hydrogen-bond acceptors (Lipinski definition) is 6. The Morgan fingerprint density at radius 1 is 1.36 bits per heavy atom. The topological polar surface area (TPSA) is 69.8 Å². The zero-order chi connectivity index (χ0) is 16.8. The van der Waals surface area contributed by atoms with Crippen LogP contribution in [-0.2, 0) is 19.5 Å². The lowest BCUT2D eigenvalue weighted by Gasteiger charge is -2.36. The maximum atomic E-state index is 4.90. The average molecular weight is 476 g/mol. The number of nitrogens with zero attached hydrogens (tertiary/aromatic N) is 5. The second-order valence-corrected chi connectivity index (χ2v) is 6.93. The molecule has 0 amide bonds. The number of rotatable bonds is 5. The van der Waals surface area contributed by atoms with Gasteiger partial charge in [0, 0.05) is 56.9 Å². The van der Waals surface area contributed by atoms with Gasteiger partial charge < -0.3 is 14.7 Å². The third-order valence-electron chi connectivity index (χ3n) is 4.11. The molecule has 25 heavy (non-hydrogen) atoms. The highest BCUT2D eigenvalue weighted by molar-refractivity contribution is 14.0. The molecule has 0 atom stereocenters. The molecule has 0 radical (unpaired) electrons. The molecule has 0 saturated carbocycles. The molecule has 0 aromatic carbocycles. The zero-order valence-electron chi connectivity index (χ0n) is 14.6. The summed E-state index contributed by atoms with van der Waals surface area (Å²) < 4.78 is 4.90. The van der Waals surface area contributed by atoms with Crippen LogP contribution < -0.4 is 5.32 Å². The number of hydrogen-bond donors (Lipinski definition) is 1. The molecule has 138 valence electrons. The van der Waals surface area contributed by atoms with Crippen LogP contribution in [0.1, 0.15) is 22.5 Å². The number of aryl methyl sites for hydroxylation is 1. The van der Waals surface area contributed by atoms with Crippen LogP contribution in [0.3, 0.4) is 0 Å². The Hall–Kier alpha value is -1.20. The number of piperazine rings is 1. The first-order valence-electron chi connectivity index (χ1n) is 8.29. The van der Waals surface area contributed by atoms with E-state index in [1.807, 2.05) is 19.3 Å². The van der Waals surface area contributed by atoms with E-state index < -0.39 is 0 Å². The second kappa shape index (κ2) is 10.1. The summed E-state index contributed by atoms with van der Waals surface area (Å²) in [7, 11) is 1.84. The summed E-state index contributed by atoms with van der Waals surface area (Å²) in [5.41, 5.74) is 0.987. The van der Waals surface area contributed by atoms with Crippen molar-refractivity contribution in [1.82, 2.24) is 25.3 Å². The van der Waals surface area contributed by atoms with Gasteiger partial charge in [-0.15, -0.1) is 35.3 Å². The van der Waals surface area contributed by atoms with Gasteiger partial charge in [-0.2, -0.15) is 0 Å². The van der Waals surface area contributed by atoms with E-state index in [1.54, 1.807) is 17.6 Å². The van der Waals surface area contributed by atoms with E-state index in [1.165, 1.54) is 4.88 Å². The lowest BCUT2D eigenvalue weighted by molar-refractivity contribution is 0.169. The molecule has 0 bridgehead atoms. The van der Waals surface area contributed by atoms with Crippen LogP contribution in [0.4, 0.5) is 0 Å². The summed E-state index contributed by atoms with van der Waals surface area (Å²) in [6, 6.07) is 1.92. The first-order chi connectivity index (χ1) is 11.8. The predicted molar refractivity (Wildman–Crippen MR) is 110 cm³/mol. The fourth-order valence-electron chi connectivity index (χ4n) is 2.75. The van der Waals surface area contributed by atoms with Crippen molar-refractivity contribution in [2.24, 2.45) is 4.99 Å². The molecular weight excluding hydrogens is 451 g/mol. The highest BCUT2D eigenvalue weighted by Crippen LogP contribution is 2.13. The van der Waals surface area contributed by atoms with Crippen molar-refractivity contribution in [3.63, 3.8) is 0 Å². The molecule has 0 unspecified atom stereocenters. The molecule has 2 aromatic heterocycles. The van der Waals surface area contributed by atoms with Crippen LogP contribution in [0.2, 0.25) is 0 Å². The Balaban J connectivity index is 0.00000225. The molecule has 2 aromatic rings. The van der Waals surface area contributed by atoms with Crippen molar-refractivity contribution >= 4 is 41.3 Å². The summed E-state index contributed by atoms with van der Waals surface area (Å²) in [5, 5.41) is 8.52. The minimum absolute atomic E-state index is 0. The van der Waals surface area contributed by atoms with Crippen molar-refractivity contribution in [1.29, 1.82) is 0 Å². The summed E-state index contributed by atoms with van der Waals surface area (Å²) in [6.07, 6.45) is 4.63. The van der Waals surface area contributed by atoms with Gasteiger partial charge in [0.1, 0.15) is 11.3 Å². The van der Waals surface area contributed by atoms with Gasteiger partial charge in [0.15, 0.2) is 5.96 Å². The summed E-state index contributed by atoms with van der Waals surface area (Å²) in [5.74, 6) is 0.948. The Bertz CT molecular complexity index is 651. The third kappa shape index (κ3) is 5.65. The van der Waals surface area contributed by atoms with E-state index in [0.717, 1.165) is 62.4 Å². The van der Waals surface area contributed by atoms with E-state index >= 15 is 0 Å². The maximum Gasteiger partial charge on any atom is 0.194 e. The van der Waals surface area contributed by atoms with Gasteiger partial charge in [-0.3, -0.25) is 9.89 Å². The van der Waals surface area contributed by atoms with Gasteiger partial charge in [-0.25, -0.2) is 4.98 Å². The maximum absolute atomic E-state index is 4.90. The minimum Gasteiger partial charge on any atom is -0.364 e. The molecule has 1 aliphatic rings. The minimum atomic E-state index is 0. The van der Waals surface area contributed by atoms with E-state index in [-0.39, 0.29) is 24.0 Å². The number of guanidine groups is 1. The number of aromatic nitrogens is 2. The highest BCUT2D eigenvalue weighted by Gasteiger charge is 2.20. The van der Waals surface area contributed by atoms with Crippen molar-refractivity contribution in [2.45, 2.75) is 26.4 Å². The largest absolute Gasteiger partial charge is 0.364 e. The fraction of sp³-hybridized carbons (Fsp3) is 0.562. The molecular formula is C16H25IN6OS. The third-order valence-corrected chi connectivity index (χ3v) is 5.25. The van der Waals surface area contributed by atoms with Crippen LogP contribution >= 0.6 is 35.3 Å². The van der Waals surface area contributed by atoms with E-state index in [4.69, 9.17) is 4.52 Å². The lowest BCUT2D eigenvalue weighted by Crippen LogP contribution is -2.52. The number of aliphatic imine (C=N–C) groups is 1. The van der Waals surface area contributed by atoms with Crippen molar-refractivity contribution < 1.29 is 4.52 Å². The first kappa shape index (κ1) is 20.1. The standard InChI is InChI=1S/C16H24N6OS.HI/c1-3-14-10-18-15(24-14)11-19-16(17-2)22-7-5-21(6-8-22)12-13-4-9-23-20-13;/h4,9-10H,3,5-8,11-12H2,1-2H3,(H,17,19);1H.